The highest BCUT2D eigenvalue weighted by molar-refractivity contribution is 5.32. The van der Waals surface area contributed by atoms with Crippen molar-refractivity contribution in [2.24, 2.45) is 0 Å². The topological polar surface area (TPSA) is 21.3 Å². The molecule has 0 aliphatic carbocycles. The van der Waals surface area contributed by atoms with Gasteiger partial charge in [0.25, 0.3) is 0 Å². The van der Waals surface area contributed by atoms with Crippen molar-refractivity contribution in [1.29, 1.82) is 0 Å². The monoisotopic (exact) mass is 227 g/mol. The van der Waals surface area contributed by atoms with Gasteiger partial charge >= 0.3 is 6.61 Å². The Balaban J connectivity index is 2.83. The van der Waals surface area contributed by atoms with Crippen LogP contribution in [0, 0.1) is 0 Å². The second kappa shape index (κ2) is 6.23. The van der Waals surface area contributed by atoms with Gasteiger partial charge < -0.3 is 10.1 Å². The molecular formula is C12H15F2NO. The first-order chi connectivity index (χ1) is 7.67. The molecule has 0 aromatic heterocycles. The van der Waals surface area contributed by atoms with Crippen LogP contribution in [-0.4, -0.2) is 13.2 Å². The normalized spacial score (nSPS) is 12.5. The number of benzene rings is 1. The van der Waals surface area contributed by atoms with E-state index in [0.717, 1.165) is 12.1 Å². The first kappa shape index (κ1) is 12.6. The van der Waals surface area contributed by atoms with Gasteiger partial charge in [0, 0.05) is 0 Å². The zero-order valence-corrected chi connectivity index (χ0v) is 9.12. The Kier molecular flexibility index (Phi) is 4.92. The molecule has 0 amide bonds. The van der Waals surface area contributed by atoms with Crippen molar-refractivity contribution in [3.8, 4) is 5.75 Å². The van der Waals surface area contributed by atoms with Crippen LogP contribution in [0.3, 0.4) is 0 Å². The van der Waals surface area contributed by atoms with Gasteiger partial charge in [-0.25, -0.2) is 0 Å². The summed E-state index contributed by atoms with van der Waals surface area (Å²) < 4.78 is 28.4. The van der Waals surface area contributed by atoms with Gasteiger partial charge in [-0.3, -0.25) is 0 Å². The van der Waals surface area contributed by atoms with E-state index < -0.39 is 6.61 Å². The van der Waals surface area contributed by atoms with Crippen LogP contribution < -0.4 is 10.1 Å². The molecule has 1 N–H and O–H groups in total. The first-order valence-electron chi connectivity index (χ1n) is 5.08. The van der Waals surface area contributed by atoms with Gasteiger partial charge in [-0.1, -0.05) is 25.1 Å². The third-order valence-corrected chi connectivity index (χ3v) is 2.10. The number of likely N-dealkylation sites (N-methyl/N-ethyl adjacent to an activating group) is 1. The number of nitrogens with one attached hydrogen (secondary N) is 1. The summed E-state index contributed by atoms with van der Waals surface area (Å²) in [6.45, 7) is 3.64. The van der Waals surface area contributed by atoms with Gasteiger partial charge in [0.05, 0.1) is 6.04 Å². The predicted octanol–water partition coefficient (Wildman–Crippen LogP) is 3.12. The van der Waals surface area contributed by atoms with Crippen LogP contribution >= 0.6 is 0 Å². The molecule has 0 bridgehead atoms. The van der Waals surface area contributed by atoms with E-state index in [2.05, 4.69) is 16.6 Å². The van der Waals surface area contributed by atoms with Gasteiger partial charge in [0.2, 0.25) is 0 Å². The van der Waals surface area contributed by atoms with Crippen LogP contribution in [0.1, 0.15) is 18.5 Å². The van der Waals surface area contributed by atoms with Crippen LogP contribution in [0.2, 0.25) is 0 Å². The van der Waals surface area contributed by atoms with Crippen molar-refractivity contribution >= 4 is 0 Å². The molecule has 4 heteroatoms. The minimum absolute atomic E-state index is 0.0498. The zero-order chi connectivity index (χ0) is 12.0. The minimum atomic E-state index is -2.79. The number of halogens is 2. The molecule has 0 heterocycles. The molecule has 1 rings (SSSR count). The van der Waals surface area contributed by atoms with E-state index in [0.29, 0.717) is 0 Å². The lowest BCUT2D eigenvalue weighted by molar-refractivity contribution is -0.0498. The Morgan fingerprint density at radius 1 is 1.50 bits per heavy atom. The molecule has 16 heavy (non-hydrogen) atoms. The maximum Gasteiger partial charge on any atom is 0.387 e. The van der Waals surface area contributed by atoms with Gasteiger partial charge in [0.15, 0.2) is 0 Å². The highest BCUT2D eigenvalue weighted by Gasteiger charge is 2.09. The molecule has 0 aliphatic heterocycles. The lowest BCUT2D eigenvalue weighted by atomic mass is 10.1. The van der Waals surface area contributed by atoms with Crippen molar-refractivity contribution in [3.63, 3.8) is 0 Å². The maximum atomic E-state index is 12.0. The Hall–Kier alpha value is -1.42. The van der Waals surface area contributed by atoms with Crippen molar-refractivity contribution in [2.45, 2.75) is 19.6 Å². The van der Waals surface area contributed by atoms with Crippen LogP contribution in [-0.2, 0) is 0 Å². The molecule has 2 nitrogen and oxygen atoms in total. The second-order valence-corrected chi connectivity index (χ2v) is 3.22. The van der Waals surface area contributed by atoms with E-state index in [1.807, 2.05) is 13.0 Å². The summed E-state index contributed by atoms with van der Waals surface area (Å²) in [4.78, 5) is 0. The number of ether oxygens (including phenoxy) is 1. The molecular weight excluding hydrogens is 212 g/mol. The molecule has 1 aromatic carbocycles. The Morgan fingerprint density at radius 2 is 2.25 bits per heavy atom. The fraction of sp³-hybridized carbons (Fsp3) is 0.333. The molecule has 1 atom stereocenters. The fourth-order valence-electron chi connectivity index (χ4n) is 1.44. The standard InChI is InChI=1S/C12H15F2NO/c1-3-11(15-4-2)9-6-5-7-10(8-9)16-12(13)14/h3,5-8,11-12,15H,1,4H2,2H3. The summed E-state index contributed by atoms with van der Waals surface area (Å²) in [5, 5.41) is 3.17. The minimum Gasteiger partial charge on any atom is -0.435 e. The number of hydrogen-bond acceptors (Lipinski definition) is 2. The molecule has 88 valence electrons. The number of alkyl halides is 2. The smallest absolute Gasteiger partial charge is 0.387 e. The Bertz CT molecular complexity index is 342. The lowest BCUT2D eigenvalue weighted by Gasteiger charge is -2.14. The van der Waals surface area contributed by atoms with Crippen molar-refractivity contribution < 1.29 is 13.5 Å². The van der Waals surface area contributed by atoms with E-state index in [1.54, 1.807) is 18.2 Å². The van der Waals surface area contributed by atoms with Gasteiger partial charge in [-0.15, -0.1) is 6.58 Å². The van der Waals surface area contributed by atoms with E-state index in [1.165, 1.54) is 6.07 Å². The van der Waals surface area contributed by atoms with Crippen LogP contribution in [0.5, 0.6) is 5.75 Å². The van der Waals surface area contributed by atoms with E-state index in [9.17, 15) is 8.78 Å². The molecule has 0 spiro atoms. The molecule has 0 aliphatic rings. The summed E-state index contributed by atoms with van der Waals surface area (Å²) in [7, 11) is 0. The van der Waals surface area contributed by atoms with E-state index in [4.69, 9.17) is 0 Å². The Labute approximate surface area is 93.9 Å². The SMILES string of the molecule is C=CC(NCC)c1cccc(OC(F)F)c1. The average molecular weight is 227 g/mol. The summed E-state index contributed by atoms with van der Waals surface area (Å²) >= 11 is 0. The summed E-state index contributed by atoms with van der Waals surface area (Å²) in [5.74, 6) is 0.164. The van der Waals surface area contributed by atoms with Gasteiger partial charge in [-0.2, -0.15) is 8.78 Å². The van der Waals surface area contributed by atoms with Gasteiger partial charge in [-0.05, 0) is 24.2 Å². The molecule has 0 saturated carbocycles. The molecule has 0 fully saturated rings. The molecule has 0 saturated heterocycles. The number of hydrogen-bond donors (Lipinski definition) is 1. The van der Waals surface area contributed by atoms with Crippen molar-refractivity contribution in [1.82, 2.24) is 5.32 Å². The molecule has 1 aromatic rings. The molecule has 1 unspecified atom stereocenters. The Morgan fingerprint density at radius 3 is 2.81 bits per heavy atom. The van der Waals surface area contributed by atoms with E-state index in [-0.39, 0.29) is 11.8 Å². The lowest BCUT2D eigenvalue weighted by Crippen LogP contribution is -2.18. The van der Waals surface area contributed by atoms with Crippen LogP contribution in [0.4, 0.5) is 8.78 Å². The summed E-state index contributed by atoms with van der Waals surface area (Å²) in [6.07, 6.45) is 1.73. The van der Waals surface area contributed by atoms with Gasteiger partial charge in [0.1, 0.15) is 5.75 Å². The first-order valence-corrected chi connectivity index (χ1v) is 5.08. The third kappa shape index (κ3) is 3.62. The number of rotatable bonds is 6. The van der Waals surface area contributed by atoms with Crippen LogP contribution in [0.15, 0.2) is 36.9 Å². The summed E-state index contributed by atoms with van der Waals surface area (Å²) in [5.41, 5.74) is 0.856. The maximum absolute atomic E-state index is 12.0. The summed E-state index contributed by atoms with van der Waals surface area (Å²) in [6, 6.07) is 6.56. The average Bonchev–Trinajstić information content (AvgIpc) is 2.25. The molecule has 0 radical (unpaired) electrons. The third-order valence-electron chi connectivity index (χ3n) is 2.10. The highest BCUT2D eigenvalue weighted by Crippen LogP contribution is 2.21. The van der Waals surface area contributed by atoms with Crippen LogP contribution in [0.25, 0.3) is 0 Å². The second-order valence-electron chi connectivity index (χ2n) is 3.22. The highest BCUT2D eigenvalue weighted by atomic mass is 19.3. The zero-order valence-electron chi connectivity index (χ0n) is 9.12. The fourth-order valence-corrected chi connectivity index (χ4v) is 1.44. The quantitative estimate of drug-likeness (QED) is 0.754. The predicted molar refractivity (Wildman–Crippen MR) is 59.7 cm³/mol. The van der Waals surface area contributed by atoms with E-state index >= 15 is 0 Å². The van der Waals surface area contributed by atoms with Crippen molar-refractivity contribution in [3.05, 3.63) is 42.5 Å². The van der Waals surface area contributed by atoms with Crippen molar-refractivity contribution in [2.75, 3.05) is 6.54 Å². The largest absolute Gasteiger partial charge is 0.435 e.